The standard InChI is InChI=1S/C23H28O3Si/c1-15-7-9-17-19-14-25-22-12-16(26-27(5,6)23(2,3)4)8-10-18(22)20(19)13-24-21(17)11-15/h7-12H,13-14H2,1-6H3. The summed E-state index contributed by atoms with van der Waals surface area (Å²) in [5.41, 5.74) is 5.94. The van der Waals surface area contributed by atoms with Crippen molar-refractivity contribution in [1.82, 2.24) is 0 Å². The summed E-state index contributed by atoms with van der Waals surface area (Å²) in [6, 6.07) is 12.6. The summed E-state index contributed by atoms with van der Waals surface area (Å²) in [4.78, 5) is 0. The fourth-order valence-electron chi connectivity index (χ4n) is 3.34. The lowest BCUT2D eigenvalue weighted by atomic mass is 9.90. The SMILES string of the molecule is Cc1ccc2c(c1)OCC1=C2COc2cc(O[Si](C)(C)C(C)(C)C)ccc21. The Morgan fingerprint density at radius 3 is 2.00 bits per heavy atom. The first-order valence-electron chi connectivity index (χ1n) is 9.58. The summed E-state index contributed by atoms with van der Waals surface area (Å²) in [5, 5.41) is 0.165. The van der Waals surface area contributed by atoms with Crippen LogP contribution in [0.4, 0.5) is 0 Å². The van der Waals surface area contributed by atoms with E-state index < -0.39 is 8.32 Å². The summed E-state index contributed by atoms with van der Waals surface area (Å²) in [6.07, 6.45) is 0. The van der Waals surface area contributed by atoms with Gasteiger partial charge in [0, 0.05) is 28.3 Å². The average molecular weight is 381 g/mol. The molecule has 0 amide bonds. The molecule has 4 rings (SSSR count). The lowest BCUT2D eigenvalue weighted by molar-refractivity contribution is 0.336. The van der Waals surface area contributed by atoms with Crippen LogP contribution in [0.1, 0.15) is 37.5 Å². The van der Waals surface area contributed by atoms with Crippen molar-refractivity contribution in [3.63, 3.8) is 0 Å². The molecule has 0 radical (unpaired) electrons. The van der Waals surface area contributed by atoms with Gasteiger partial charge in [-0.1, -0.05) is 32.9 Å². The van der Waals surface area contributed by atoms with Gasteiger partial charge in [-0.15, -0.1) is 0 Å². The minimum Gasteiger partial charge on any atom is -0.543 e. The van der Waals surface area contributed by atoms with Crippen LogP contribution in [0, 0.1) is 6.92 Å². The molecule has 0 bridgehead atoms. The van der Waals surface area contributed by atoms with Gasteiger partial charge in [0.05, 0.1) is 0 Å². The highest BCUT2D eigenvalue weighted by Gasteiger charge is 2.39. The van der Waals surface area contributed by atoms with Gasteiger partial charge >= 0.3 is 0 Å². The molecular formula is C23H28O3Si. The molecule has 3 nitrogen and oxygen atoms in total. The van der Waals surface area contributed by atoms with Crippen molar-refractivity contribution in [3.8, 4) is 17.2 Å². The summed E-state index contributed by atoms with van der Waals surface area (Å²) in [6.45, 7) is 14.5. The number of rotatable bonds is 2. The van der Waals surface area contributed by atoms with E-state index in [0.717, 1.165) is 28.4 Å². The number of fused-ring (bicyclic) bond motifs is 4. The molecule has 0 spiro atoms. The van der Waals surface area contributed by atoms with E-state index in [0.29, 0.717) is 13.2 Å². The predicted molar refractivity (Wildman–Crippen MR) is 113 cm³/mol. The van der Waals surface area contributed by atoms with E-state index in [-0.39, 0.29) is 5.04 Å². The van der Waals surface area contributed by atoms with Crippen LogP contribution >= 0.6 is 0 Å². The van der Waals surface area contributed by atoms with Crippen molar-refractivity contribution in [2.24, 2.45) is 0 Å². The number of benzene rings is 2. The maximum Gasteiger partial charge on any atom is 0.250 e. The highest BCUT2D eigenvalue weighted by Crippen LogP contribution is 2.45. The molecule has 142 valence electrons. The molecule has 2 aliphatic heterocycles. The number of ether oxygens (including phenoxy) is 2. The molecule has 4 heteroatoms. The Balaban J connectivity index is 1.69. The van der Waals surface area contributed by atoms with Gasteiger partial charge in [-0.05, 0) is 48.8 Å². The first kappa shape index (κ1) is 18.2. The second kappa shape index (κ2) is 6.16. The Bertz CT molecular complexity index is 935. The third-order valence-corrected chi connectivity index (χ3v) is 10.4. The van der Waals surface area contributed by atoms with Gasteiger partial charge in [0.25, 0.3) is 0 Å². The first-order valence-corrected chi connectivity index (χ1v) is 12.5. The lowest BCUT2D eigenvalue weighted by Gasteiger charge is -2.37. The zero-order chi connectivity index (χ0) is 19.4. The van der Waals surface area contributed by atoms with Crippen LogP contribution in [-0.4, -0.2) is 21.5 Å². The van der Waals surface area contributed by atoms with Gasteiger partial charge in [0.1, 0.15) is 30.5 Å². The highest BCUT2D eigenvalue weighted by molar-refractivity contribution is 6.74. The van der Waals surface area contributed by atoms with Crippen molar-refractivity contribution in [2.45, 2.75) is 45.8 Å². The summed E-state index contributed by atoms with van der Waals surface area (Å²) < 4.78 is 18.6. The lowest BCUT2D eigenvalue weighted by Crippen LogP contribution is -2.43. The number of hydrogen-bond donors (Lipinski definition) is 0. The molecular weight excluding hydrogens is 352 g/mol. The minimum atomic E-state index is -1.87. The van der Waals surface area contributed by atoms with E-state index in [1.165, 1.54) is 16.7 Å². The molecule has 2 heterocycles. The molecule has 0 atom stereocenters. The van der Waals surface area contributed by atoms with Crippen LogP contribution in [0.5, 0.6) is 17.2 Å². The average Bonchev–Trinajstić information content (AvgIpc) is 2.59. The molecule has 2 aromatic carbocycles. The molecule has 0 saturated heterocycles. The van der Waals surface area contributed by atoms with E-state index in [4.69, 9.17) is 13.9 Å². The smallest absolute Gasteiger partial charge is 0.250 e. The Morgan fingerprint density at radius 2 is 1.41 bits per heavy atom. The molecule has 0 N–H and O–H groups in total. The highest BCUT2D eigenvalue weighted by atomic mass is 28.4. The Hall–Kier alpha value is -2.20. The van der Waals surface area contributed by atoms with Crippen LogP contribution < -0.4 is 13.9 Å². The second-order valence-corrected chi connectivity index (χ2v) is 13.8. The van der Waals surface area contributed by atoms with Crippen molar-refractivity contribution >= 4 is 19.5 Å². The van der Waals surface area contributed by atoms with E-state index >= 15 is 0 Å². The third kappa shape index (κ3) is 3.16. The molecule has 27 heavy (non-hydrogen) atoms. The van der Waals surface area contributed by atoms with Crippen LogP contribution in [0.3, 0.4) is 0 Å². The van der Waals surface area contributed by atoms with Gasteiger partial charge < -0.3 is 13.9 Å². The van der Waals surface area contributed by atoms with E-state index in [9.17, 15) is 0 Å². The fourth-order valence-corrected chi connectivity index (χ4v) is 4.36. The van der Waals surface area contributed by atoms with E-state index in [1.807, 2.05) is 6.07 Å². The Labute approximate surface area is 163 Å². The minimum absolute atomic E-state index is 0.165. The van der Waals surface area contributed by atoms with Crippen LogP contribution in [0.25, 0.3) is 11.1 Å². The third-order valence-electron chi connectivity index (χ3n) is 6.03. The molecule has 0 aromatic heterocycles. The first-order chi connectivity index (χ1) is 12.7. The largest absolute Gasteiger partial charge is 0.543 e. The van der Waals surface area contributed by atoms with Gasteiger partial charge in [0.2, 0.25) is 8.32 Å². The van der Waals surface area contributed by atoms with Crippen LogP contribution in [-0.2, 0) is 0 Å². The van der Waals surface area contributed by atoms with Crippen molar-refractivity contribution < 1.29 is 13.9 Å². The summed E-state index contributed by atoms with van der Waals surface area (Å²) >= 11 is 0. The summed E-state index contributed by atoms with van der Waals surface area (Å²) in [5.74, 6) is 2.75. The van der Waals surface area contributed by atoms with Crippen molar-refractivity contribution in [3.05, 3.63) is 53.1 Å². The molecule has 0 fully saturated rings. The van der Waals surface area contributed by atoms with Crippen LogP contribution in [0.15, 0.2) is 36.4 Å². The van der Waals surface area contributed by atoms with Crippen LogP contribution in [0.2, 0.25) is 18.1 Å². The maximum absolute atomic E-state index is 6.45. The Kier molecular flexibility index (Phi) is 4.15. The van der Waals surface area contributed by atoms with Crippen molar-refractivity contribution in [2.75, 3.05) is 13.2 Å². The topological polar surface area (TPSA) is 27.7 Å². The fraction of sp³-hybridized carbons (Fsp3) is 0.391. The van der Waals surface area contributed by atoms with Gasteiger partial charge in [0.15, 0.2) is 0 Å². The zero-order valence-corrected chi connectivity index (χ0v) is 18.1. The zero-order valence-electron chi connectivity index (χ0n) is 17.1. The quantitative estimate of drug-likeness (QED) is 0.591. The summed E-state index contributed by atoms with van der Waals surface area (Å²) in [7, 11) is -1.87. The molecule has 2 aromatic rings. The predicted octanol–water partition coefficient (Wildman–Crippen LogP) is 6.07. The molecule has 0 saturated carbocycles. The molecule has 0 aliphatic carbocycles. The van der Waals surface area contributed by atoms with Gasteiger partial charge in [-0.2, -0.15) is 0 Å². The van der Waals surface area contributed by atoms with E-state index in [2.05, 4.69) is 71.1 Å². The second-order valence-electron chi connectivity index (χ2n) is 9.05. The monoisotopic (exact) mass is 380 g/mol. The molecule has 2 aliphatic rings. The normalized spacial score (nSPS) is 15.9. The number of hydrogen-bond acceptors (Lipinski definition) is 3. The molecule has 0 unspecified atom stereocenters. The Morgan fingerprint density at radius 1 is 0.852 bits per heavy atom. The van der Waals surface area contributed by atoms with Crippen molar-refractivity contribution in [1.29, 1.82) is 0 Å². The van der Waals surface area contributed by atoms with Gasteiger partial charge in [-0.25, -0.2) is 0 Å². The number of aryl methyl sites for hydroxylation is 1. The maximum atomic E-state index is 6.45. The van der Waals surface area contributed by atoms with E-state index in [1.54, 1.807) is 0 Å². The van der Waals surface area contributed by atoms with Gasteiger partial charge in [-0.3, -0.25) is 0 Å².